The second-order valence-electron chi connectivity index (χ2n) is 4.78. The molecule has 0 radical (unpaired) electrons. The van der Waals surface area contributed by atoms with Gasteiger partial charge >= 0.3 is 0 Å². The summed E-state index contributed by atoms with van der Waals surface area (Å²) in [4.78, 5) is 4.47. The van der Waals surface area contributed by atoms with E-state index in [0.29, 0.717) is 27.2 Å². The Kier molecular flexibility index (Phi) is 3.11. The van der Waals surface area contributed by atoms with E-state index in [1.54, 1.807) is 12.1 Å². The molecule has 0 saturated heterocycles. The van der Waals surface area contributed by atoms with Gasteiger partial charge in [-0.2, -0.15) is 0 Å². The van der Waals surface area contributed by atoms with Crippen LogP contribution in [0, 0.1) is 13.8 Å². The van der Waals surface area contributed by atoms with Crippen molar-refractivity contribution >= 4 is 40.0 Å². The summed E-state index contributed by atoms with van der Waals surface area (Å²) < 4.78 is 5.77. The SMILES string of the molecule is Cc1cc2nc(-c3cc(Cl)c(N)c(Cl)c3)oc2cc1C. The second kappa shape index (κ2) is 4.69. The average molecular weight is 307 g/mol. The Labute approximate surface area is 126 Å². The third-order valence-corrected chi connectivity index (χ3v) is 3.96. The summed E-state index contributed by atoms with van der Waals surface area (Å²) in [6.07, 6.45) is 0. The van der Waals surface area contributed by atoms with E-state index in [4.69, 9.17) is 33.4 Å². The van der Waals surface area contributed by atoms with E-state index in [0.717, 1.165) is 16.7 Å². The Morgan fingerprint density at radius 2 is 1.60 bits per heavy atom. The van der Waals surface area contributed by atoms with Gasteiger partial charge < -0.3 is 10.2 Å². The molecule has 3 aromatic rings. The number of halogens is 2. The predicted molar refractivity (Wildman–Crippen MR) is 83.4 cm³/mol. The fraction of sp³-hybridized carbons (Fsp3) is 0.133. The van der Waals surface area contributed by atoms with Crippen molar-refractivity contribution in [2.24, 2.45) is 0 Å². The van der Waals surface area contributed by atoms with Crippen LogP contribution in [0.4, 0.5) is 5.69 Å². The van der Waals surface area contributed by atoms with Crippen LogP contribution in [-0.2, 0) is 0 Å². The number of oxazole rings is 1. The van der Waals surface area contributed by atoms with Crippen LogP contribution in [0.25, 0.3) is 22.6 Å². The molecule has 0 unspecified atom stereocenters. The highest BCUT2D eigenvalue weighted by Crippen LogP contribution is 2.34. The highest BCUT2D eigenvalue weighted by Gasteiger charge is 2.13. The first kappa shape index (κ1) is 13.3. The van der Waals surface area contributed by atoms with Crippen molar-refractivity contribution in [3.8, 4) is 11.5 Å². The van der Waals surface area contributed by atoms with Crippen LogP contribution < -0.4 is 5.73 Å². The summed E-state index contributed by atoms with van der Waals surface area (Å²) in [6.45, 7) is 4.08. The molecule has 0 aliphatic carbocycles. The predicted octanol–water partition coefficient (Wildman–Crippen LogP) is 5.00. The lowest BCUT2D eigenvalue weighted by Crippen LogP contribution is -1.89. The van der Waals surface area contributed by atoms with Crippen molar-refractivity contribution in [2.45, 2.75) is 13.8 Å². The van der Waals surface area contributed by atoms with E-state index in [9.17, 15) is 0 Å². The first-order chi connectivity index (χ1) is 9.45. The van der Waals surface area contributed by atoms with Gasteiger partial charge in [-0.3, -0.25) is 0 Å². The summed E-state index contributed by atoms with van der Waals surface area (Å²) in [5.41, 5.74) is 10.7. The van der Waals surface area contributed by atoms with Gasteiger partial charge in [-0.15, -0.1) is 0 Å². The summed E-state index contributed by atoms with van der Waals surface area (Å²) in [7, 11) is 0. The molecule has 0 bridgehead atoms. The number of nitrogens with two attached hydrogens (primary N) is 1. The van der Waals surface area contributed by atoms with Crippen molar-refractivity contribution < 1.29 is 4.42 Å². The van der Waals surface area contributed by atoms with Crippen molar-refractivity contribution in [1.29, 1.82) is 0 Å². The Morgan fingerprint density at radius 3 is 2.25 bits per heavy atom. The monoisotopic (exact) mass is 306 g/mol. The molecule has 0 fully saturated rings. The molecule has 0 aliphatic rings. The third kappa shape index (κ3) is 2.13. The molecule has 2 aromatic carbocycles. The molecule has 1 aromatic heterocycles. The van der Waals surface area contributed by atoms with E-state index < -0.39 is 0 Å². The minimum Gasteiger partial charge on any atom is -0.436 e. The first-order valence-electron chi connectivity index (χ1n) is 6.08. The number of hydrogen-bond donors (Lipinski definition) is 1. The smallest absolute Gasteiger partial charge is 0.227 e. The summed E-state index contributed by atoms with van der Waals surface area (Å²) in [6, 6.07) is 7.38. The van der Waals surface area contributed by atoms with Crippen LogP contribution in [0.5, 0.6) is 0 Å². The van der Waals surface area contributed by atoms with E-state index in [1.807, 2.05) is 26.0 Å². The Bertz CT molecular complexity index is 762. The lowest BCUT2D eigenvalue weighted by atomic mass is 10.1. The fourth-order valence-corrected chi connectivity index (χ4v) is 2.50. The molecule has 3 rings (SSSR count). The van der Waals surface area contributed by atoms with Gasteiger partial charge in [0.25, 0.3) is 0 Å². The highest BCUT2D eigenvalue weighted by molar-refractivity contribution is 6.39. The van der Waals surface area contributed by atoms with Crippen molar-refractivity contribution in [3.63, 3.8) is 0 Å². The van der Waals surface area contributed by atoms with Crippen LogP contribution in [0.3, 0.4) is 0 Å². The molecule has 0 saturated carbocycles. The molecule has 3 nitrogen and oxygen atoms in total. The molecule has 0 spiro atoms. The molecule has 0 aliphatic heterocycles. The molecular weight excluding hydrogens is 295 g/mol. The summed E-state index contributed by atoms with van der Waals surface area (Å²) >= 11 is 12.1. The summed E-state index contributed by atoms with van der Waals surface area (Å²) in [5, 5.41) is 0.782. The van der Waals surface area contributed by atoms with Gasteiger partial charge in [0, 0.05) is 5.56 Å². The molecule has 1 heterocycles. The zero-order valence-corrected chi connectivity index (χ0v) is 12.5. The number of rotatable bonds is 1. The van der Waals surface area contributed by atoms with Gasteiger partial charge in [0.1, 0.15) is 5.52 Å². The number of anilines is 1. The van der Waals surface area contributed by atoms with Gasteiger partial charge in [-0.25, -0.2) is 4.98 Å². The average Bonchev–Trinajstić information content (AvgIpc) is 2.79. The molecule has 2 N–H and O–H groups in total. The summed E-state index contributed by atoms with van der Waals surface area (Å²) in [5.74, 6) is 0.480. The van der Waals surface area contributed by atoms with Gasteiger partial charge in [-0.1, -0.05) is 23.2 Å². The lowest BCUT2D eigenvalue weighted by molar-refractivity contribution is 0.619. The molecule has 20 heavy (non-hydrogen) atoms. The standard InChI is InChI=1S/C15H12Cl2N2O/c1-7-3-12-13(4-8(7)2)20-15(19-12)9-5-10(16)14(18)11(17)6-9/h3-6H,18H2,1-2H3. The van der Waals surface area contributed by atoms with Crippen molar-refractivity contribution in [2.75, 3.05) is 5.73 Å². The van der Waals surface area contributed by atoms with Crippen LogP contribution in [0.2, 0.25) is 10.0 Å². The number of benzene rings is 2. The number of hydrogen-bond acceptors (Lipinski definition) is 3. The van der Waals surface area contributed by atoms with Crippen LogP contribution in [0.1, 0.15) is 11.1 Å². The van der Waals surface area contributed by atoms with Crippen molar-refractivity contribution in [1.82, 2.24) is 4.98 Å². The molecular formula is C15H12Cl2N2O. The second-order valence-corrected chi connectivity index (χ2v) is 5.59. The minimum absolute atomic E-state index is 0.361. The minimum atomic E-state index is 0.361. The van der Waals surface area contributed by atoms with Gasteiger partial charge in [0.15, 0.2) is 5.58 Å². The maximum Gasteiger partial charge on any atom is 0.227 e. The molecule has 102 valence electrons. The number of aryl methyl sites for hydroxylation is 2. The van der Waals surface area contributed by atoms with E-state index in [2.05, 4.69) is 4.98 Å². The zero-order chi connectivity index (χ0) is 14.4. The highest BCUT2D eigenvalue weighted by atomic mass is 35.5. The van der Waals surface area contributed by atoms with Crippen LogP contribution in [0.15, 0.2) is 28.7 Å². The lowest BCUT2D eigenvalue weighted by Gasteiger charge is -2.03. The number of fused-ring (bicyclic) bond motifs is 1. The van der Waals surface area contributed by atoms with E-state index in [1.165, 1.54) is 5.56 Å². The quantitative estimate of drug-likeness (QED) is 0.644. The fourth-order valence-electron chi connectivity index (χ4n) is 2.01. The number of nitrogens with zero attached hydrogens (tertiary/aromatic N) is 1. The van der Waals surface area contributed by atoms with Gasteiger partial charge in [-0.05, 0) is 49.2 Å². The van der Waals surface area contributed by atoms with Gasteiger partial charge in [0.05, 0.1) is 15.7 Å². The van der Waals surface area contributed by atoms with Crippen LogP contribution >= 0.6 is 23.2 Å². The third-order valence-electron chi connectivity index (χ3n) is 3.33. The normalized spacial score (nSPS) is 11.2. The topological polar surface area (TPSA) is 52.0 Å². The Morgan fingerprint density at radius 1 is 1.00 bits per heavy atom. The maximum atomic E-state index is 6.04. The zero-order valence-electron chi connectivity index (χ0n) is 11.0. The van der Waals surface area contributed by atoms with E-state index in [-0.39, 0.29) is 0 Å². The van der Waals surface area contributed by atoms with Gasteiger partial charge in [0.2, 0.25) is 5.89 Å². The number of nitrogen functional groups attached to an aromatic ring is 1. The first-order valence-corrected chi connectivity index (χ1v) is 6.84. The number of aromatic nitrogens is 1. The largest absolute Gasteiger partial charge is 0.436 e. The molecule has 0 atom stereocenters. The molecule has 5 heteroatoms. The Balaban J connectivity index is 2.20. The van der Waals surface area contributed by atoms with Crippen molar-refractivity contribution in [3.05, 3.63) is 45.4 Å². The van der Waals surface area contributed by atoms with Crippen LogP contribution in [-0.4, -0.2) is 4.98 Å². The van der Waals surface area contributed by atoms with E-state index >= 15 is 0 Å². The Hall–Kier alpha value is -1.71. The maximum absolute atomic E-state index is 6.04. The molecule has 0 amide bonds.